The molecule has 1 saturated heterocycles. The predicted molar refractivity (Wildman–Crippen MR) is 97.7 cm³/mol. The molecule has 2 aliphatic rings. The Morgan fingerprint density at radius 1 is 1.00 bits per heavy atom. The van der Waals surface area contributed by atoms with E-state index in [0.717, 1.165) is 44.3 Å². The molecule has 0 radical (unpaired) electrons. The van der Waals surface area contributed by atoms with Crippen molar-refractivity contribution in [3.63, 3.8) is 0 Å². The molecule has 1 aliphatic heterocycles. The molecule has 1 aromatic carbocycles. The summed E-state index contributed by atoms with van der Waals surface area (Å²) >= 11 is 0. The van der Waals surface area contributed by atoms with E-state index in [1.807, 2.05) is 35.2 Å². The smallest absolute Gasteiger partial charge is 0.239 e. The van der Waals surface area contributed by atoms with E-state index in [1.54, 1.807) is 0 Å². The molecule has 2 amide bonds. The lowest BCUT2D eigenvalue weighted by molar-refractivity contribution is -0.137. The number of piperidine rings is 1. The molecule has 5 nitrogen and oxygen atoms in total. The van der Waals surface area contributed by atoms with E-state index in [9.17, 15) is 9.59 Å². The van der Waals surface area contributed by atoms with Crippen molar-refractivity contribution in [1.82, 2.24) is 10.2 Å². The van der Waals surface area contributed by atoms with Crippen LogP contribution in [0.3, 0.4) is 0 Å². The third kappa shape index (κ3) is 4.60. The molecule has 2 fully saturated rings. The van der Waals surface area contributed by atoms with Gasteiger partial charge in [0.25, 0.3) is 0 Å². The maximum atomic E-state index is 12.6. The fourth-order valence-electron chi connectivity index (χ4n) is 4.10. The van der Waals surface area contributed by atoms with Crippen LogP contribution in [0, 0.1) is 5.92 Å². The molecule has 0 bridgehead atoms. The molecule has 0 aromatic heterocycles. The van der Waals surface area contributed by atoms with Gasteiger partial charge in [-0.3, -0.25) is 14.9 Å². The van der Waals surface area contributed by atoms with Gasteiger partial charge in [-0.15, -0.1) is 0 Å². The molecule has 136 valence electrons. The second-order valence-corrected chi connectivity index (χ2v) is 7.35. The summed E-state index contributed by atoms with van der Waals surface area (Å²) in [5.74, 6) is 0.223. The monoisotopic (exact) mass is 343 g/mol. The van der Waals surface area contributed by atoms with Gasteiger partial charge in [0.05, 0.1) is 0 Å². The molecule has 25 heavy (non-hydrogen) atoms. The second-order valence-electron chi connectivity index (χ2n) is 7.35. The summed E-state index contributed by atoms with van der Waals surface area (Å²) in [6.07, 6.45) is 7.48. The Balaban J connectivity index is 1.53. The molecular weight excluding hydrogens is 314 g/mol. The van der Waals surface area contributed by atoms with E-state index in [-0.39, 0.29) is 17.9 Å². The van der Waals surface area contributed by atoms with Crippen LogP contribution >= 0.6 is 0 Å². The van der Waals surface area contributed by atoms with Crippen molar-refractivity contribution in [2.45, 2.75) is 57.0 Å². The number of hydrogen-bond donors (Lipinski definition) is 2. The molecule has 1 aliphatic carbocycles. The maximum absolute atomic E-state index is 12.6. The highest BCUT2D eigenvalue weighted by atomic mass is 16.2. The fourth-order valence-corrected chi connectivity index (χ4v) is 4.10. The van der Waals surface area contributed by atoms with Gasteiger partial charge in [-0.05, 0) is 31.2 Å². The number of nitrogens with one attached hydrogen (secondary N) is 1. The minimum Gasteiger partial charge on any atom is -0.368 e. The number of amides is 2. The van der Waals surface area contributed by atoms with Crippen molar-refractivity contribution in [1.29, 1.82) is 0 Å². The highest BCUT2D eigenvalue weighted by molar-refractivity contribution is 5.81. The highest BCUT2D eigenvalue weighted by Gasteiger charge is 2.30. The van der Waals surface area contributed by atoms with Gasteiger partial charge in [0.15, 0.2) is 0 Å². The van der Waals surface area contributed by atoms with Crippen molar-refractivity contribution < 1.29 is 9.59 Å². The Morgan fingerprint density at radius 3 is 2.24 bits per heavy atom. The lowest BCUT2D eigenvalue weighted by Crippen LogP contribution is -2.49. The summed E-state index contributed by atoms with van der Waals surface area (Å²) in [5.41, 5.74) is 6.49. The van der Waals surface area contributed by atoms with Gasteiger partial charge in [0.1, 0.15) is 6.04 Å². The van der Waals surface area contributed by atoms with Crippen LogP contribution in [0.4, 0.5) is 0 Å². The molecule has 3 rings (SSSR count). The van der Waals surface area contributed by atoms with Crippen LogP contribution in [0.1, 0.15) is 56.6 Å². The molecular formula is C20H29N3O2. The summed E-state index contributed by atoms with van der Waals surface area (Å²) in [4.78, 5) is 26.5. The van der Waals surface area contributed by atoms with Gasteiger partial charge >= 0.3 is 0 Å². The summed E-state index contributed by atoms with van der Waals surface area (Å²) in [6.45, 7) is 1.54. The Kier molecular flexibility index (Phi) is 6.08. The zero-order chi connectivity index (χ0) is 17.6. The fraction of sp³-hybridized carbons (Fsp3) is 0.600. The van der Waals surface area contributed by atoms with Crippen LogP contribution in [-0.4, -0.2) is 35.8 Å². The Morgan fingerprint density at radius 2 is 1.64 bits per heavy atom. The molecule has 1 heterocycles. The number of nitrogens with two attached hydrogens (primary N) is 1. The van der Waals surface area contributed by atoms with Gasteiger partial charge in [-0.2, -0.15) is 0 Å². The summed E-state index contributed by atoms with van der Waals surface area (Å²) < 4.78 is 0. The van der Waals surface area contributed by atoms with Crippen molar-refractivity contribution in [3.05, 3.63) is 35.9 Å². The first-order valence-corrected chi connectivity index (χ1v) is 9.54. The first-order chi connectivity index (χ1) is 12.1. The number of benzene rings is 1. The largest absolute Gasteiger partial charge is 0.368 e. The van der Waals surface area contributed by atoms with Gasteiger partial charge in [0, 0.05) is 25.0 Å². The number of carbonyl (C=O) groups is 2. The SMILES string of the molecule is NC(=O)[C@@H](NC1CCN(C(=O)C2CCCCC2)CC1)c1ccccc1. The van der Waals surface area contributed by atoms with Crippen LogP contribution in [-0.2, 0) is 9.59 Å². The molecule has 0 unspecified atom stereocenters. The highest BCUT2D eigenvalue weighted by Crippen LogP contribution is 2.27. The molecule has 0 spiro atoms. The van der Waals surface area contributed by atoms with Crippen LogP contribution < -0.4 is 11.1 Å². The van der Waals surface area contributed by atoms with E-state index in [4.69, 9.17) is 5.73 Å². The minimum atomic E-state index is -0.466. The number of primary amides is 1. The Bertz CT molecular complexity index is 576. The quantitative estimate of drug-likeness (QED) is 0.862. The van der Waals surface area contributed by atoms with Crippen molar-refractivity contribution in [2.24, 2.45) is 11.7 Å². The third-order valence-corrected chi connectivity index (χ3v) is 5.58. The molecule has 5 heteroatoms. The third-order valence-electron chi connectivity index (χ3n) is 5.58. The topological polar surface area (TPSA) is 75.4 Å². The summed E-state index contributed by atoms with van der Waals surface area (Å²) in [5, 5.41) is 3.40. The van der Waals surface area contributed by atoms with Crippen LogP contribution in [0.2, 0.25) is 0 Å². The van der Waals surface area contributed by atoms with Crippen LogP contribution in [0.15, 0.2) is 30.3 Å². The number of rotatable bonds is 5. The van der Waals surface area contributed by atoms with E-state index >= 15 is 0 Å². The molecule has 1 aromatic rings. The molecule has 1 saturated carbocycles. The molecule has 3 N–H and O–H groups in total. The van der Waals surface area contributed by atoms with Crippen molar-refractivity contribution >= 4 is 11.8 Å². The van der Waals surface area contributed by atoms with Crippen molar-refractivity contribution in [3.8, 4) is 0 Å². The Labute approximate surface area is 150 Å². The number of carbonyl (C=O) groups excluding carboxylic acids is 2. The first-order valence-electron chi connectivity index (χ1n) is 9.54. The zero-order valence-electron chi connectivity index (χ0n) is 14.8. The lowest BCUT2D eigenvalue weighted by Gasteiger charge is -2.36. The average Bonchev–Trinajstić information content (AvgIpc) is 2.67. The standard InChI is InChI=1S/C20H29N3O2/c21-19(24)18(15-7-3-1-4-8-15)22-17-11-13-23(14-12-17)20(25)16-9-5-2-6-10-16/h1,3-4,7-8,16-18,22H,2,5-6,9-14H2,(H2,21,24)/t18-/m0/s1. The van der Waals surface area contributed by atoms with E-state index in [1.165, 1.54) is 19.3 Å². The van der Waals surface area contributed by atoms with Crippen LogP contribution in [0.5, 0.6) is 0 Å². The number of nitrogens with zero attached hydrogens (tertiary/aromatic N) is 1. The predicted octanol–water partition coefficient (Wildman–Crippen LogP) is 2.37. The van der Waals surface area contributed by atoms with Crippen molar-refractivity contribution in [2.75, 3.05) is 13.1 Å². The minimum absolute atomic E-state index is 0.216. The zero-order valence-corrected chi connectivity index (χ0v) is 14.8. The normalized spacial score (nSPS) is 21.0. The van der Waals surface area contributed by atoms with Crippen LogP contribution in [0.25, 0.3) is 0 Å². The second kappa shape index (κ2) is 8.48. The van der Waals surface area contributed by atoms with Gasteiger partial charge < -0.3 is 10.6 Å². The van der Waals surface area contributed by atoms with Gasteiger partial charge in [-0.25, -0.2) is 0 Å². The summed E-state index contributed by atoms with van der Waals surface area (Å²) in [7, 11) is 0. The Hall–Kier alpha value is -1.88. The lowest BCUT2D eigenvalue weighted by atomic mass is 9.87. The average molecular weight is 343 g/mol. The molecule has 1 atom stereocenters. The summed E-state index contributed by atoms with van der Waals surface area (Å²) in [6, 6.07) is 9.35. The maximum Gasteiger partial charge on any atom is 0.239 e. The van der Waals surface area contributed by atoms with Gasteiger partial charge in [-0.1, -0.05) is 49.6 Å². The first kappa shape index (κ1) is 17.9. The number of likely N-dealkylation sites (tertiary alicyclic amines) is 1. The van der Waals surface area contributed by atoms with E-state index in [2.05, 4.69) is 5.32 Å². The number of hydrogen-bond acceptors (Lipinski definition) is 3. The van der Waals surface area contributed by atoms with E-state index < -0.39 is 6.04 Å². The van der Waals surface area contributed by atoms with Gasteiger partial charge in [0.2, 0.25) is 11.8 Å². The van der Waals surface area contributed by atoms with E-state index in [0.29, 0.717) is 5.91 Å².